The van der Waals surface area contributed by atoms with Crippen molar-refractivity contribution in [3.05, 3.63) is 35.6 Å². The molecule has 0 aliphatic carbocycles. The molecule has 4 nitrogen and oxygen atoms in total. The van der Waals surface area contributed by atoms with Gasteiger partial charge in [0.2, 0.25) is 0 Å². The average molecular weight is 249 g/mol. The number of carbonyl (C=O) groups is 1. The minimum absolute atomic E-state index is 0.277. The van der Waals surface area contributed by atoms with E-state index in [0.717, 1.165) is 5.56 Å². The van der Waals surface area contributed by atoms with Gasteiger partial charge in [-0.3, -0.25) is 0 Å². The summed E-state index contributed by atoms with van der Waals surface area (Å²) in [5.74, 6) is 0.0408. The second-order valence-electron chi connectivity index (χ2n) is 4.60. The van der Waals surface area contributed by atoms with Crippen LogP contribution in [0.25, 0.3) is 0 Å². The molecule has 0 spiro atoms. The first kappa shape index (κ1) is 12.5. The summed E-state index contributed by atoms with van der Waals surface area (Å²) < 4.78 is 12.9. The first-order valence-electron chi connectivity index (χ1n) is 5.88. The summed E-state index contributed by atoms with van der Waals surface area (Å²) in [5, 5.41) is 0. The minimum Gasteiger partial charge on any atom is -0.385 e. The van der Waals surface area contributed by atoms with E-state index in [1.54, 1.807) is 17.0 Å². The number of amides is 2. The Morgan fingerprint density at radius 1 is 1.39 bits per heavy atom. The molecule has 1 aromatic carbocycles. The van der Waals surface area contributed by atoms with Gasteiger partial charge in [-0.05, 0) is 31.5 Å². The lowest BCUT2D eigenvalue weighted by molar-refractivity contribution is 0.182. The molecule has 1 aliphatic heterocycles. The van der Waals surface area contributed by atoms with Crippen LogP contribution in [-0.4, -0.2) is 28.9 Å². The molecule has 1 heterocycles. The Morgan fingerprint density at radius 2 is 2.00 bits per heavy atom. The SMILES string of the molecule is CCN1C(=O)N=C(N)C1(C)Cc1ccc(F)cc1. The molecular weight excluding hydrogens is 233 g/mol. The van der Waals surface area contributed by atoms with Crippen LogP contribution < -0.4 is 5.73 Å². The third-order valence-electron chi connectivity index (χ3n) is 3.37. The summed E-state index contributed by atoms with van der Waals surface area (Å²) in [4.78, 5) is 17.1. The Hall–Kier alpha value is -1.91. The predicted molar refractivity (Wildman–Crippen MR) is 67.9 cm³/mol. The summed E-state index contributed by atoms with van der Waals surface area (Å²) in [6, 6.07) is 5.90. The number of urea groups is 1. The zero-order valence-corrected chi connectivity index (χ0v) is 10.5. The number of halogens is 1. The van der Waals surface area contributed by atoms with Gasteiger partial charge in [0.25, 0.3) is 0 Å². The monoisotopic (exact) mass is 249 g/mol. The summed E-state index contributed by atoms with van der Waals surface area (Å²) in [6.07, 6.45) is 0.530. The van der Waals surface area contributed by atoms with Crippen molar-refractivity contribution in [2.45, 2.75) is 25.8 Å². The van der Waals surface area contributed by atoms with E-state index in [2.05, 4.69) is 4.99 Å². The molecule has 1 aliphatic rings. The van der Waals surface area contributed by atoms with Gasteiger partial charge in [-0.25, -0.2) is 9.18 Å². The predicted octanol–water partition coefficient (Wildman–Crippen LogP) is 1.94. The quantitative estimate of drug-likeness (QED) is 0.890. The van der Waals surface area contributed by atoms with Gasteiger partial charge in [-0.1, -0.05) is 12.1 Å². The number of hydrogen-bond donors (Lipinski definition) is 1. The summed E-state index contributed by atoms with van der Waals surface area (Å²) in [5.41, 5.74) is 6.16. The van der Waals surface area contributed by atoms with E-state index in [0.29, 0.717) is 18.8 Å². The van der Waals surface area contributed by atoms with Crippen LogP contribution in [0.4, 0.5) is 9.18 Å². The maximum Gasteiger partial charge on any atom is 0.346 e. The fraction of sp³-hybridized carbons (Fsp3) is 0.385. The lowest BCUT2D eigenvalue weighted by atomic mass is 9.90. The molecule has 18 heavy (non-hydrogen) atoms. The highest BCUT2D eigenvalue weighted by Gasteiger charge is 2.43. The zero-order valence-electron chi connectivity index (χ0n) is 10.5. The van der Waals surface area contributed by atoms with Crippen molar-refractivity contribution >= 4 is 11.9 Å². The van der Waals surface area contributed by atoms with Crippen LogP contribution in [0, 0.1) is 5.82 Å². The molecule has 0 fully saturated rings. The highest BCUT2D eigenvalue weighted by atomic mass is 19.1. The molecule has 1 aromatic rings. The smallest absolute Gasteiger partial charge is 0.346 e. The number of amidine groups is 1. The van der Waals surface area contributed by atoms with Crippen molar-refractivity contribution < 1.29 is 9.18 Å². The van der Waals surface area contributed by atoms with Gasteiger partial charge in [-0.2, -0.15) is 4.99 Å². The average Bonchev–Trinajstić information content (AvgIpc) is 2.53. The molecule has 2 amide bonds. The van der Waals surface area contributed by atoms with Crippen molar-refractivity contribution in [3.8, 4) is 0 Å². The molecule has 2 N–H and O–H groups in total. The van der Waals surface area contributed by atoms with Crippen LogP contribution in [0.2, 0.25) is 0 Å². The van der Waals surface area contributed by atoms with E-state index >= 15 is 0 Å². The van der Waals surface area contributed by atoms with Gasteiger partial charge in [-0.15, -0.1) is 0 Å². The third kappa shape index (κ3) is 1.96. The van der Waals surface area contributed by atoms with E-state index in [1.807, 2.05) is 13.8 Å². The number of nitrogens with two attached hydrogens (primary N) is 1. The van der Waals surface area contributed by atoms with Crippen molar-refractivity contribution in [2.24, 2.45) is 10.7 Å². The second-order valence-corrected chi connectivity index (χ2v) is 4.60. The van der Waals surface area contributed by atoms with Crippen LogP contribution in [-0.2, 0) is 6.42 Å². The Morgan fingerprint density at radius 3 is 2.56 bits per heavy atom. The molecule has 0 aromatic heterocycles. The van der Waals surface area contributed by atoms with Crippen molar-refractivity contribution in [1.82, 2.24) is 4.90 Å². The van der Waals surface area contributed by atoms with E-state index in [1.165, 1.54) is 12.1 Å². The number of benzene rings is 1. The molecular formula is C13H16FN3O. The van der Waals surface area contributed by atoms with E-state index in [-0.39, 0.29) is 11.8 Å². The lowest BCUT2D eigenvalue weighted by Crippen LogP contribution is -2.53. The van der Waals surface area contributed by atoms with Gasteiger partial charge in [0.15, 0.2) is 0 Å². The number of carbonyl (C=O) groups excluding carboxylic acids is 1. The van der Waals surface area contributed by atoms with Gasteiger partial charge in [0.1, 0.15) is 17.2 Å². The molecule has 0 radical (unpaired) electrons. The van der Waals surface area contributed by atoms with E-state index in [9.17, 15) is 9.18 Å². The lowest BCUT2D eigenvalue weighted by Gasteiger charge is -2.34. The molecule has 0 bridgehead atoms. The van der Waals surface area contributed by atoms with Crippen LogP contribution >= 0.6 is 0 Å². The van der Waals surface area contributed by atoms with Crippen LogP contribution in [0.1, 0.15) is 19.4 Å². The maximum atomic E-state index is 12.9. The molecule has 5 heteroatoms. The fourth-order valence-corrected chi connectivity index (χ4v) is 2.30. The first-order valence-corrected chi connectivity index (χ1v) is 5.88. The Balaban J connectivity index is 2.28. The Labute approximate surface area is 105 Å². The fourth-order valence-electron chi connectivity index (χ4n) is 2.30. The molecule has 0 saturated heterocycles. The van der Waals surface area contributed by atoms with Crippen LogP contribution in [0.15, 0.2) is 29.3 Å². The Bertz CT molecular complexity index is 497. The molecule has 96 valence electrons. The highest BCUT2D eigenvalue weighted by Crippen LogP contribution is 2.27. The number of likely N-dealkylation sites (N-methyl/N-ethyl adjacent to an activating group) is 1. The highest BCUT2D eigenvalue weighted by molar-refractivity contribution is 6.05. The van der Waals surface area contributed by atoms with Crippen molar-refractivity contribution in [3.63, 3.8) is 0 Å². The van der Waals surface area contributed by atoms with Gasteiger partial charge in [0.05, 0.1) is 0 Å². The topological polar surface area (TPSA) is 58.7 Å². The second kappa shape index (κ2) is 4.40. The first-order chi connectivity index (χ1) is 8.47. The summed E-state index contributed by atoms with van der Waals surface area (Å²) in [7, 11) is 0. The van der Waals surface area contributed by atoms with Crippen LogP contribution in [0.3, 0.4) is 0 Å². The number of nitrogens with zero attached hydrogens (tertiary/aromatic N) is 2. The standard InChI is InChI=1S/C13H16FN3O/c1-3-17-12(18)16-11(15)13(17,2)8-9-4-6-10(14)7-5-9/h4-7H,3,8H2,1-2H3,(H2,15,16,18). The van der Waals surface area contributed by atoms with E-state index in [4.69, 9.17) is 5.73 Å². The molecule has 1 atom stereocenters. The van der Waals surface area contributed by atoms with Crippen molar-refractivity contribution in [1.29, 1.82) is 0 Å². The van der Waals surface area contributed by atoms with Gasteiger partial charge < -0.3 is 10.6 Å². The maximum absolute atomic E-state index is 12.9. The summed E-state index contributed by atoms with van der Waals surface area (Å²) in [6.45, 7) is 4.30. The number of aliphatic imine (C=N–C) groups is 1. The third-order valence-corrected chi connectivity index (χ3v) is 3.37. The summed E-state index contributed by atoms with van der Waals surface area (Å²) >= 11 is 0. The van der Waals surface area contributed by atoms with Gasteiger partial charge in [0, 0.05) is 13.0 Å². The Kier molecular flexibility index (Phi) is 3.07. The van der Waals surface area contributed by atoms with E-state index < -0.39 is 5.54 Å². The molecule has 0 saturated carbocycles. The van der Waals surface area contributed by atoms with Crippen molar-refractivity contribution in [2.75, 3.05) is 6.54 Å². The number of hydrogen-bond acceptors (Lipinski definition) is 2. The molecule has 2 rings (SSSR count). The normalized spacial score (nSPS) is 23.4. The zero-order chi connectivity index (χ0) is 13.3. The number of rotatable bonds is 3. The van der Waals surface area contributed by atoms with Gasteiger partial charge >= 0.3 is 6.03 Å². The molecule has 1 unspecified atom stereocenters. The largest absolute Gasteiger partial charge is 0.385 e. The minimum atomic E-state index is -0.621. The van der Waals surface area contributed by atoms with Crippen LogP contribution in [0.5, 0.6) is 0 Å².